The minimum absolute atomic E-state index is 0.153. The zero-order valence-electron chi connectivity index (χ0n) is 9.32. The second-order valence-electron chi connectivity index (χ2n) is 4.23. The maximum absolute atomic E-state index is 5.78. The SMILES string of the molecule is CC1CCCN(c2nc(Cl)nc(Cl)n2)C1C. The fourth-order valence-corrected chi connectivity index (χ4v) is 2.42. The Balaban J connectivity index is 2.28. The summed E-state index contributed by atoms with van der Waals surface area (Å²) in [5.41, 5.74) is 0. The summed E-state index contributed by atoms with van der Waals surface area (Å²) in [5.74, 6) is 1.21. The summed E-state index contributed by atoms with van der Waals surface area (Å²) < 4.78 is 0. The third kappa shape index (κ3) is 2.38. The fraction of sp³-hybridized carbons (Fsp3) is 0.700. The van der Waals surface area contributed by atoms with Crippen LogP contribution in [0.1, 0.15) is 26.7 Å². The predicted molar refractivity (Wildman–Crippen MR) is 65.1 cm³/mol. The average molecular weight is 261 g/mol. The van der Waals surface area contributed by atoms with Gasteiger partial charge in [-0.2, -0.15) is 15.0 Å². The van der Waals surface area contributed by atoms with E-state index in [2.05, 4.69) is 33.7 Å². The first kappa shape index (κ1) is 11.9. The van der Waals surface area contributed by atoms with E-state index in [-0.39, 0.29) is 10.6 Å². The molecule has 2 unspecified atom stereocenters. The lowest BCUT2D eigenvalue weighted by atomic mass is 9.92. The maximum Gasteiger partial charge on any atom is 0.231 e. The minimum Gasteiger partial charge on any atom is -0.338 e. The van der Waals surface area contributed by atoms with Crippen molar-refractivity contribution in [3.8, 4) is 0 Å². The molecule has 0 bridgehead atoms. The molecule has 1 aliphatic rings. The first-order valence-electron chi connectivity index (χ1n) is 5.41. The van der Waals surface area contributed by atoms with Gasteiger partial charge in [0.25, 0.3) is 0 Å². The summed E-state index contributed by atoms with van der Waals surface area (Å²) >= 11 is 11.6. The van der Waals surface area contributed by atoms with Crippen LogP contribution in [0.2, 0.25) is 10.6 Å². The van der Waals surface area contributed by atoms with Gasteiger partial charge in [-0.1, -0.05) is 6.92 Å². The molecule has 0 amide bonds. The van der Waals surface area contributed by atoms with Gasteiger partial charge in [0.05, 0.1) is 0 Å². The lowest BCUT2D eigenvalue weighted by Gasteiger charge is -2.37. The molecule has 2 rings (SSSR count). The Morgan fingerprint density at radius 2 is 1.75 bits per heavy atom. The zero-order valence-corrected chi connectivity index (χ0v) is 10.8. The second kappa shape index (κ2) is 4.72. The molecule has 16 heavy (non-hydrogen) atoms. The van der Waals surface area contributed by atoms with Crippen LogP contribution in [0.3, 0.4) is 0 Å². The highest BCUT2D eigenvalue weighted by molar-refractivity contribution is 6.31. The molecule has 1 saturated heterocycles. The van der Waals surface area contributed by atoms with E-state index in [1.54, 1.807) is 0 Å². The highest BCUT2D eigenvalue weighted by Gasteiger charge is 2.27. The number of nitrogens with zero attached hydrogens (tertiary/aromatic N) is 4. The van der Waals surface area contributed by atoms with E-state index in [1.807, 2.05) is 0 Å². The fourth-order valence-electron chi connectivity index (χ4n) is 2.06. The van der Waals surface area contributed by atoms with Crippen LogP contribution < -0.4 is 4.90 Å². The number of halogens is 2. The van der Waals surface area contributed by atoms with E-state index in [4.69, 9.17) is 23.2 Å². The molecule has 1 fully saturated rings. The Labute approximate surface area is 105 Å². The highest BCUT2D eigenvalue weighted by Crippen LogP contribution is 2.26. The van der Waals surface area contributed by atoms with Crippen molar-refractivity contribution in [2.45, 2.75) is 32.7 Å². The van der Waals surface area contributed by atoms with Crippen LogP contribution in [-0.2, 0) is 0 Å². The molecule has 0 spiro atoms. The molecule has 88 valence electrons. The van der Waals surface area contributed by atoms with Crippen molar-refractivity contribution < 1.29 is 0 Å². The van der Waals surface area contributed by atoms with E-state index < -0.39 is 0 Å². The lowest BCUT2D eigenvalue weighted by molar-refractivity contribution is 0.359. The molecular formula is C10H14Cl2N4. The minimum atomic E-state index is 0.153. The largest absolute Gasteiger partial charge is 0.338 e. The molecule has 1 aliphatic heterocycles. The molecule has 2 atom stereocenters. The first-order chi connectivity index (χ1) is 7.58. The normalized spacial score (nSPS) is 25.9. The van der Waals surface area contributed by atoms with Gasteiger partial charge in [0, 0.05) is 12.6 Å². The van der Waals surface area contributed by atoms with Gasteiger partial charge in [0.15, 0.2) is 0 Å². The molecule has 6 heteroatoms. The first-order valence-corrected chi connectivity index (χ1v) is 6.17. The summed E-state index contributed by atoms with van der Waals surface area (Å²) in [5, 5.41) is 0.306. The van der Waals surface area contributed by atoms with Crippen LogP contribution in [0.4, 0.5) is 5.95 Å². The predicted octanol–water partition coefficient (Wildman–Crippen LogP) is 2.80. The van der Waals surface area contributed by atoms with Crippen molar-refractivity contribution in [1.29, 1.82) is 0 Å². The number of aromatic nitrogens is 3. The van der Waals surface area contributed by atoms with Gasteiger partial charge in [-0.25, -0.2) is 0 Å². The van der Waals surface area contributed by atoms with Gasteiger partial charge in [-0.15, -0.1) is 0 Å². The molecule has 0 N–H and O–H groups in total. The topological polar surface area (TPSA) is 41.9 Å². The molecule has 0 aliphatic carbocycles. The van der Waals surface area contributed by atoms with Crippen molar-refractivity contribution >= 4 is 29.2 Å². The summed E-state index contributed by atoms with van der Waals surface area (Å²) in [7, 11) is 0. The van der Waals surface area contributed by atoms with Crippen molar-refractivity contribution in [2.75, 3.05) is 11.4 Å². The molecule has 0 saturated carbocycles. The molecule has 0 radical (unpaired) electrons. The quantitative estimate of drug-likeness (QED) is 0.779. The third-order valence-corrected chi connectivity index (χ3v) is 3.54. The Morgan fingerprint density at radius 1 is 1.12 bits per heavy atom. The van der Waals surface area contributed by atoms with Crippen molar-refractivity contribution in [2.24, 2.45) is 5.92 Å². The molecule has 4 nitrogen and oxygen atoms in total. The van der Waals surface area contributed by atoms with Gasteiger partial charge >= 0.3 is 0 Å². The van der Waals surface area contributed by atoms with Crippen molar-refractivity contribution in [3.63, 3.8) is 0 Å². The van der Waals surface area contributed by atoms with Crippen molar-refractivity contribution in [1.82, 2.24) is 15.0 Å². The molecule has 1 aromatic heterocycles. The Hall–Kier alpha value is -0.610. The lowest BCUT2D eigenvalue weighted by Crippen LogP contribution is -2.43. The van der Waals surface area contributed by atoms with Crippen LogP contribution >= 0.6 is 23.2 Å². The van der Waals surface area contributed by atoms with Crippen LogP contribution in [0.5, 0.6) is 0 Å². The van der Waals surface area contributed by atoms with E-state index in [1.165, 1.54) is 6.42 Å². The summed E-state index contributed by atoms with van der Waals surface area (Å²) in [6.45, 7) is 5.36. The summed E-state index contributed by atoms with van der Waals surface area (Å²) in [6, 6.07) is 0.406. The van der Waals surface area contributed by atoms with Gasteiger partial charge in [-0.3, -0.25) is 0 Å². The maximum atomic E-state index is 5.78. The number of hydrogen-bond donors (Lipinski definition) is 0. The van der Waals surface area contributed by atoms with Gasteiger partial charge in [0.2, 0.25) is 16.5 Å². The average Bonchev–Trinajstić information content (AvgIpc) is 2.20. The summed E-state index contributed by atoms with van der Waals surface area (Å²) in [4.78, 5) is 14.2. The molecule has 1 aromatic rings. The van der Waals surface area contributed by atoms with E-state index in [0.29, 0.717) is 17.9 Å². The Morgan fingerprint density at radius 3 is 2.38 bits per heavy atom. The van der Waals surface area contributed by atoms with Crippen LogP contribution in [-0.4, -0.2) is 27.5 Å². The number of hydrogen-bond acceptors (Lipinski definition) is 4. The Bertz CT molecular complexity index is 365. The monoisotopic (exact) mass is 260 g/mol. The van der Waals surface area contributed by atoms with Crippen molar-refractivity contribution in [3.05, 3.63) is 10.6 Å². The van der Waals surface area contributed by atoms with E-state index >= 15 is 0 Å². The Kier molecular flexibility index (Phi) is 3.50. The number of rotatable bonds is 1. The smallest absolute Gasteiger partial charge is 0.231 e. The number of piperidine rings is 1. The molecule has 0 aromatic carbocycles. The van der Waals surface area contributed by atoms with E-state index in [9.17, 15) is 0 Å². The third-order valence-electron chi connectivity index (χ3n) is 3.20. The van der Waals surface area contributed by atoms with Gasteiger partial charge in [-0.05, 0) is 48.9 Å². The number of anilines is 1. The standard InChI is InChI=1S/C10H14Cl2N4/c1-6-4-3-5-16(7(6)2)10-14-8(11)13-9(12)15-10/h6-7H,3-5H2,1-2H3. The molecule has 2 heterocycles. The van der Waals surface area contributed by atoms with Gasteiger partial charge < -0.3 is 4.90 Å². The molecular weight excluding hydrogens is 247 g/mol. The highest BCUT2D eigenvalue weighted by atomic mass is 35.5. The van der Waals surface area contributed by atoms with Gasteiger partial charge in [0.1, 0.15) is 0 Å². The van der Waals surface area contributed by atoms with Crippen LogP contribution in [0.15, 0.2) is 0 Å². The summed E-state index contributed by atoms with van der Waals surface area (Å²) in [6.07, 6.45) is 2.39. The van der Waals surface area contributed by atoms with Crippen LogP contribution in [0, 0.1) is 5.92 Å². The zero-order chi connectivity index (χ0) is 11.7. The van der Waals surface area contributed by atoms with E-state index in [0.717, 1.165) is 13.0 Å². The second-order valence-corrected chi connectivity index (χ2v) is 4.90. The van der Waals surface area contributed by atoms with Crippen LogP contribution in [0.25, 0.3) is 0 Å².